The van der Waals surface area contributed by atoms with Crippen LogP contribution >= 0.6 is 35.7 Å². The summed E-state index contributed by atoms with van der Waals surface area (Å²) in [4.78, 5) is 4.26. The van der Waals surface area contributed by atoms with Gasteiger partial charge in [-0.05, 0) is 42.5 Å². The van der Waals surface area contributed by atoms with Gasteiger partial charge in [-0.3, -0.25) is 4.99 Å². The third-order valence-corrected chi connectivity index (χ3v) is 4.59. The van der Waals surface area contributed by atoms with Crippen molar-refractivity contribution in [2.75, 3.05) is 25.6 Å². The second kappa shape index (κ2) is 11.9. The highest BCUT2D eigenvalue weighted by Crippen LogP contribution is 2.09. The summed E-state index contributed by atoms with van der Waals surface area (Å²) in [7, 11) is -1.96. The summed E-state index contributed by atoms with van der Waals surface area (Å²) in [5, 5.41) is 11.5. The minimum absolute atomic E-state index is 0. The lowest BCUT2D eigenvalue weighted by Gasteiger charge is -2.12. The molecular weight excluding hydrogens is 447 g/mol. The third-order valence-electron chi connectivity index (χ3n) is 2.98. The average Bonchev–Trinajstić information content (AvgIpc) is 2.49. The molecule has 9 heteroatoms. The molecule has 4 N–H and O–H groups in total. The first kappa shape index (κ1) is 22.5. The number of aliphatic imine (C=N–C) groups is 1. The molecule has 0 aliphatic rings. The first-order valence-electron chi connectivity index (χ1n) is 7.02. The monoisotopic (exact) mass is 472 g/mol. The van der Waals surface area contributed by atoms with E-state index in [1.807, 2.05) is 17.8 Å². The van der Waals surface area contributed by atoms with Gasteiger partial charge >= 0.3 is 0 Å². The Morgan fingerprint density at radius 1 is 1.30 bits per heavy atom. The van der Waals surface area contributed by atoms with Gasteiger partial charge in [0.05, 0.1) is 4.90 Å². The Morgan fingerprint density at radius 2 is 2.04 bits per heavy atom. The Bertz CT molecular complexity index is 594. The van der Waals surface area contributed by atoms with E-state index >= 15 is 0 Å². The Morgan fingerprint density at radius 3 is 2.65 bits per heavy atom. The molecule has 23 heavy (non-hydrogen) atoms. The molecule has 0 atom stereocenters. The third kappa shape index (κ3) is 9.38. The van der Waals surface area contributed by atoms with Crippen molar-refractivity contribution >= 4 is 51.7 Å². The van der Waals surface area contributed by atoms with Crippen LogP contribution in [0.1, 0.15) is 18.4 Å². The molecule has 0 unspecified atom stereocenters. The Kier molecular flexibility index (Phi) is 11.7. The van der Waals surface area contributed by atoms with Crippen molar-refractivity contribution in [3.63, 3.8) is 0 Å². The highest BCUT2D eigenvalue weighted by atomic mass is 127. The number of nitrogens with two attached hydrogens (primary N) is 1. The van der Waals surface area contributed by atoms with Gasteiger partial charge in [-0.25, -0.2) is 13.6 Å². The minimum atomic E-state index is -3.67. The maximum atomic E-state index is 11.3. The lowest BCUT2D eigenvalue weighted by atomic mass is 10.2. The van der Waals surface area contributed by atoms with E-state index in [1.54, 1.807) is 19.2 Å². The molecule has 1 aromatic carbocycles. The Balaban J connectivity index is 0.00000484. The zero-order chi connectivity index (χ0) is 16.4. The number of benzene rings is 1. The Hall–Kier alpha value is -0.520. The van der Waals surface area contributed by atoms with Gasteiger partial charge in [0, 0.05) is 20.1 Å². The maximum Gasteiger partial charge on any atom is 0.238 e. The summed E-state index contributed by atoms with van der Waals surface area (Å²) in [6, 6.07) is 6.56. The topological polar surface area (TPSA) is 96.6 Å². The molecule has 1 rings (SSSR count). The fourth-order valence-electron chi connectivity index (χ4n) is 1.82. The number of nitrogens with zero attached hydrogens (tertiary/aromatic N) is 1. The van der Waals surface area contributed by atoms with Crippen LogP contribution in [0.15, 0.2) is 34.2 Å². The van der Waals surface area contributed by atoms with Crippen molar-refractivity contribution in [1.82, 2.24) is 10.6 Å². The molecule has 0 aliphatic heterocycles. The number of halogens is 1. The standard InChI is InChI=1S/C14H24N4O2S2.HI/c1-16-14(17-8-3-4-9-21-2)18-11-12-6-5-7-13(10-12)22(15,19)20;/h5-7,10H,3-4,8-9,11H2,1-2H3,(H2,15,19,20)(H2,16,17,18);1H. The summed E-state index contributed by atoms with van der Waals surface area (Å²) in [5.74, 6) is 1.86. The summed E-state index contributed by atoms with van der Waals surface area (Å²) in [6.07, 6.45) is 4.35. The number of nitrogens with one attached hydrogen (secondary N) is 2. The molecule has 0 saturated heterocycles. The molecule has 132 valence electrons. The van der Waals surface area contributed by atoms with Gasteiger partial charge in [0.1, 0.15) is 0 Å². The predicted molar refractivity (Wildman–Crippen MR) is 109 cm³/mol. The van der Waals surface area contributed by atoms with Crippen LogP contribution in [0.2, 0.25) is 0 Å². The first-order valence-corrected chi connectivity index (χ1v) is 9.96. The number of sulfonamides is 1. The molecule has 0 bridgehead atoms. The molecule has 0 aliphatic carbocycles. The van der Waals surface area contributed by atoms with Crippen LogP contribution in [0.5, 0.6) is 0 Å². The van der Waals surface area contributed by atoms with Crippen LogP contribution < -0.4 is 15.8 Å². The summed E-state index contributed by atoms with van der Waals surface area (Å²) >= 11 is 1.84. The predicted octanol–water partition coefficient (Wildman–Crippen LogP) is 1.76. The lowest BCUT2D eigenvalue weighted by molar-refractivity contribution is 0.597. The van der Waals surface area contributed by atoms with Gasteiger partial charge < -0.3 is 10.6 Å². The molecule has 1 aromatic rings. The molecular formula is C14H25IN4O2S2. The second-order valence-electron chi connectivity index (χ2n) is 4.74. The number of rotatable bonds is 8. The van der Waals surface area contributed by atoms with Gasteiger partial charge in [-0.1, -0.05) is 12.1 Å². The van der Waals surface area contributed by atoms with Crippen LogP contribution in [-0.4, -0.2) is 40.0 Å². The lowest BCUT2D eigenvalue weighted by Crippen LogP contribution is -2.37. The van der Waals surface area contributed by atoms with Crippen LogP contribution in [-0.2, 0) is 16.6 Å². The van der Waals surface area contributed by atoms with Gasteiger partial charge in [0.15, 0.2) is 5.96 Å². The number of guanidine groups is 1. The molecule has 0 radical (unpaired) electrons. The number of unbranched alkanes of at least 4 members (excludes halogenated alkanes) is 1. The molecule has 0 heterocycles. The van der Waals surface area contributed by atoms with Gasteiger partial charge in [0.2, 0.25) is 10.0 Å². The number of hydrogen-bond donors (Lipinski definition) is 3. The largest absolute Gasteiger partial charge is 0.356 e. The van der Waals surface area contributed by atoms with E-state index in [4.69, 9.17) is 5.14 Å². The first-order chi connectivity index (χ1) is 10.5. The zero-order valence-electron chi connectivity index (χ0n) is 13.4. The summed E-state index contributed by atoms with van der Waals surface area (Å²) in [5.41, 5.74) is 0.830. The van der Waals surface area contributed by atoms with Crippen molar-refractivity contribution in [1.29, 1.82) is 0 Å². The average molecular weight is 472 g/mol. The van der Waals surface area contributed by atoms with E-state index in [1.165, 1.54) is 12.5 Å². The van der Waals surface area contributed by atoms with E-state index in [-0.39, 0.29) is 28.9 Å². The van der Waals surface area contributed by atoms with E-state index in [0.717, 1.165) is 24.3 Å². The highest BCUT2D eigenvalue weighted by molar-refractivity contribution is 14.0. The maximum absolute atomic E-state index is 11.3. The number of primary sulfonamides is 1. The molecule has 0 saturated carbocycles. The fraction of sp³-hybridized carbons (Fsp3) is 0.500. The molecule has 0 spiro atoms. The normalized spacial score (nSPS) is 11.7. The van der Waals surface area contributed by atoms with Crippen molar-refractivity contribution in [3.05, 3.63) is 29.8 Å². The van der Waals surface area contributed by atoms with Crippen molar-refractivity contribution < 1.29 is 8.42 Å². The van der Waals surface area contributed by atoms with Crippen LogP contribution in [0.3, 0.4) is 0 Å². The molecule has 0 aromatic heterocycles. The molecule has 0 amide bonds. The quantitative estimate of drug-likeness (QED) is 0.232. The second-order valence-corrected chi connectivity index (χ2v) is 7.29. The summed E-state index contributed by atoms with van der Waals surface area (Å²) in [6.45, 7) is 1.34. The molecule has 6 nitrogen and oxygen atoms in total. The van der Waals surface area contributed by atoms with E-state index in [9.17, 15) is 8.42 Å². The number of hydrogen-bond acceptors (Lipinski definition) is 4. The fourth-order valence-corrected chi connectivity index (χ4v) is 2.89. The molecule has 0 fully saturated rings. The van der Waals surface area contributed by atoms with E-state index in [2.05, 4.69) is 21.9 Å². The Labute approximate surface area is 160 Å². The zero-order valence-corrected chi connectivity index (χ0v) is 17.4. The minimum Gasteiger partial charge on any atom is -0.356 e. The smallest absolute Gasteiger partial charge is 0.238 e. The number of thioether (sulfide) groups is 1. The summed E-state index contributed by atoms with van der Waals surface area (Å²) < 4.78 is 22.7. The van der Waals surface area contributed by atoms with E-state index in [0.29, 0.717) is 12.5 Å². The van der Waals surface area contributed by atoms with Gasteiger partial charge in [-0.15, -0.1) is 24.0 Å². The van der Waals surface area contributed by atoms with Gasteiger partial charge in [0.25, 0.3) is 0 Å². The SMILES string of the molecule is CN=C(NCCCCSC)NCc1cccc(S(N)(=O)=O)c1.I. The van der Waals surface area contributed by atoms with Crippen molar-refractivity contribution in [3.8, 4) is 0 Å². The van der Waals surface area contributed by atoms with Crippen LogP contribution in [0.25, 0.3) is 0 Å². The van der Waals surface area contributed by atoms with E-state index < -0.39 is 10.0 Å². The van der Waals surface area contributed by atoms with Gasteiger partial charge in [-0.2, -0.15) is 11.8 Å². The van der Waals surface area contributed by atoms with Crippen molar-refractivity contribution in [2.45, 2.75) is 24.3 Å². The van der Waals surface area contributed by atoms with Crippen molar-refractivity contribution in [2.24, 2.45) is 10.1 Å². The van der Waals surface area contributed by atoms with Crippen LogP contribution in [0, 0.1) is 0 Å². The van der Waals surface area contributed by atoms with Crippen LogP contribution in [0.4, 0.5) is 0 Å². The highest BCUT2D eigenvalue weighted by Gasteiger charge is 2.08.